The molecule has 1 aliphatic rings. The monoisotopic (exact) mass is 335 g/mol. The number of rotatable bonds is 7. The Morgan fingerprint density at radius 1 is 1.29 bits per heavy atom. The van der Waals surface area contributed by atoms with Crippen molar-refractivity contribution in [1.82, 2.24) is 10.2 Å². The highest BCUT2D eigenvalue weighted by atomic mass is 16.5. The van der Waals surface area contributed by atoms with Gasteiger partial charge in [-0.05, 0) is 12.1 Å². The van der Waals surface area contributed by atoms with Gasteiger partial charge in [0.2, 0.25) is 0 Å². The molecule has 0 atom stereocenters. The minimum Gasteiger partial charge on any atom is -0.461 e. The van der Waals surface area contributed by atoms with Gasteiger partial charge in [-0.15, -0.1) is 0 Å². The molecule has 1 fully saturated rings. The van der Waals surface area contributed by atoms with Crippen molar-refractivity contribution in [1.29, 1.82) is 0 Å². The lowest BCUT2D eigenvalue weighted by Gasteiger charge is -2.26. The molecule has 0 unspecified atom stereocenters. The molecule has 0 spiro atoms. The van der Waals surface area contributed by atoms with Gasteiger partial charge in [-0.2, -0.15) is 0 Å². The quantitative estimate of drug-likeness (QED) is 0.719. The summed E-state index contributed by atoms with van der Waals surface area (Å²) in [6.45, 7) is 6.06. The molecular formula is C17H25N3O4. The summed E-state index contributed by atoms with van der Waals surface area (Å²) >= 11 is 0. The first-order valence-electron chi connectivity index (χ1n) is 8.12. The van der Waals surface area contributed by atoms with Crippen LogP contribution in [0.25, 0.3) is 0 Å². The highest BCUT2D eigenvalue weighted by Gasteiger charge is 2.14. The predicted molar refractivity (Wildman–Crippen MR) is 91.1 cm³/mol. The first kappa shape index (κ1) is 18.2. The fourth-order valence-electron chi connectivity index (χ4n) is 2.50. The Hall–Kier alpha value is -2.12. The van der Waals surface area contributed by atoms with E-state index in [9.17, 15) is 9.59 Å². The Bertz CT molecular complexity index is 571. The van der Waals surface area contributed by atoms with Crippen LogP contribution >= 0.6 is 0 Å². The molecule has 1 aromatic rings. The number of esters is 1. The molecule has 1 heterocycles. The summed E-state index contributed by atoms with van der Waals surface area (Å²) in [4.78, 5) is 25.8. The van der Waals surface area contributed by atoms with E-state index in [4.69, 9.17) is 9.47 Å². The molecule has 132 valence electrons. The first-order valence-corrected chi connectivity index (χ1v) is 8.12. The van der Waals surface area contributed by atoms with Gasteiger partial charge >= 0.3 is 5.97 Å². The second-order valence-electron chi connectivity index (χ2n) is 5.61. The van der Waals surface area contributed by atoms with Gasteiger partial charge < -0.3 is 20.1 Å². The molecule has 0 radical (unpaired) electrons. The summed E-state index contributed by atoms with van der Waals surface area (Å²) in [6.07, 6.45) is 0. The molecule has 1 amide bonds. The van der Waals surface area contributed by atoms with Crippen molar-refractivity contribution in [3.63, 3.8) is 0 Å². The van der Waals surface area contributed by atoms with E-state index in [1.807, 2.05) is 6.07 Å². The van der Waals surface area contributed by atoms with Crippen molar-refractivity contribution in [2.24, 2.45) is 0 Å². The second kappa shape index (κ2) is 9.24. The molecule has 1 aromatic carbocycles. The van der Waals surface area contributed by atoms with Crippen LogP contribution in [-0.4, -0.2) is 63.2 Å². The maximum absolute atomic E-state index is 12.5. The Balaban J connectivity index is 1.95. The van der Waals surface area contributed by atoms with Crippen LogP contribution in [0.4, 0.5) is 5.69 Å². The van der Waals surface area contributed by atoms with Crippen LogP contribution in [0.3, 0.4) is 0 Å². The van der Waals surface area contributed by atoms with E-state index < -0.39 is 0 Å². The third kappa shape index (κ3) is 5.50. The fourth-order valence-corrected chi connectivity index (χ4v) is 2.50. The molecule has 24 heavy (non-hydrogen) atoms. The van der Waals surface area contributed by atoms with Crippen LogP contribution in [0.2, 0.25) is 0 Å². The van der Waals surface area contributed by atoms with Crippen molar-refractivity contribution < 1.29 is 19.1 Å². The van der Waals surface area contributed by atoms with E-state index in [1.54, 1.807) is 19.2 Å². The van der Waals surface area contributed by atoms with E-state index >= 15 is 0 Å². The molecule has 0 aromatic heterocycles. The summed E-state index contributed by atoms with van der Waals surface area (Å²) in [5, 5.41) is 5.95. The highest BCUT2D eigenvalue weighted by molar-refractivity contribution is 5.96. The topological polar surface area (TPSA) is 79.9 Å². The van der Waals surface area contributed by atoms with Crippen molar-refractivity contribution >= 4 is 17.6 Å². The lowest BCUT2D eigenvalue weighted by molar-refractivity contribution is -0.142. The predicted octanol–water partition coefficient (Wildman–Crippen LogP) is 0.853. The molecule has 0 saturated carbocycles. The zero-order valence-electron chi connectivity index (χ0n) is 14.3. The van der Waals surface area contributed by atoms with Crippen molar-refractivity contribution in [2.75, 3.05) is 51.8 Å². The van der Waals surface area contributed by atoms with Gasteiger partial charge in [0.25, 0.3) is 5.91 Å². The number of anilines is 1. The Morgan fingerprint density at radius 3 is 2.71 bits per heavy atom. The number of morpholine rings is 1. The Labute approximate surface area is 142 Å². The lowest BCUT2D eigenvalue weighted by Crippen LogP contribution is -2.41. The summed E-state index contributed by atoms with van der Waals surface area (Å²) in [7, 11) is 1.79. The third-order valence-corrected chi connectivity index (χ3v) is 3.89. The van der Waals surface area contributed by atoms with Gasteiger partial charge in [0.15, 0.2) is 0 Å². The van der Waals surface area contributed by atoms with Crippen molar-refractivity contribution in [3.8, 4) is 0 Å². The van der Waals surface area contributed by atoms with E-state index in [-0.39, 0.29) is 18.5 Å². The summed E-state index contributed by atoms with van der Waals surface area (Å²) in [5.41, 5.74) is 2.04. The second-order valence-corrected chi connectivity index (χ2v) is 5.61. The minimum absolute atomic E-state index is 0.0888. The van der Waals surface area contributed by atoms with Gasteiger partial charge in [0.1, 0.15) is 6.61 Å². The SMILES string of the molecule is CNc1ccc(COC(C)=O)c(C(=O)NCCN2CCOCC2)c1. The zero-order chi connectivity index (χ0) is 17.4. The third-order valence-electron chi connectivity index (χ3n) is 3.89. The molecule has 2 rings (SSSR count). The summed E-state index contributed by atoms with van der Waals surface area (Å²) in [6, 6.07) is 5.41. The number of nitrogens with zero attached hydrogens (tertiary/aromatic N) is 1. The van der Waals surface area contributed by atoms with Gasteiger partial charge in [0.05, 0.1) is 13.2 Å². The van der Waals surface area contributed by atoms with Gasteiger partial charge in [0, 0.05) is 57.0 Å². The summed E-state index contributed by atoms with van der Waals surface area (Å²) < 4.78 is 10.3. The van der Waals surface area contributed by atoms with Gasteiger partial charge in [-0.1, -0.05) is 6.07 Å². The summed E-state index contributed by atoms with van der Waals surface area (Å²) in [5.74, 6) is -0.533. The minimum atomic E-state index is -0.369. The Kier molecular flexibility index (Phi) is 7.02. The van der Waals surface area contributed by atoms with Gasteiger partial charge in [-0.3, -0.25) is 14.5 Å². The number of amides is 1. The molecule has 0 aliphatic carbocycles. The molecular weight excluding hydrogens is 310 g/mol. The largest absolute Gasteiger partial charge is 0.461 e. The van der Waals surface area contributed by atoms with Gasteiger partial charge in [-0.25, -0.2) is 0 Å². The average molecular weight is 335 g/mol. The standard InChI is InChI=1S/C17H25N3O4/c1-13(21)24-12-14-3-4-15(18-2)11-16(14)17(22)19-5-6-20-7-9-23-10-8-20/h3-4,11,18H,5-10,12H2,1-2H3,(H,19,22). The highest BCUT2D eigenvalue weighted by Crippen LogP contribution is 2.17. The normalized spacial score (nSPS) is 14.9. The number of ether oxygens (including phenoxy) is 2. The molecule has 0 bridgehead atoms. The smallest absolute Gasteiger partial charge is 0.302 e. The molecule has 2 N–H and O–H groups in total. The Morgan fingerprint density at radius 2 is 2.04 bits per heavy atom. The average Bonchev–Trinajstić information content (AvgIpc) is 2.60. The number of hydrogen-bond acceptors (Lipinski definition) is 6. The lowest BCUT2D eigenvalue weighted by atomic mass is 10.1. The number of nitrogens with one attached hydrogen (secondary N) is 2. The number of hydrogen-bond donors (Lipinski definition) is 2. The van der Waals surface area contributed by atoms with E-state index in [0.717, 1.165) is 38.5 Å². The number of benzene rings is 1. The van der Waals surface area contributed by atoms with Crippen LogP contribution in [0.1, 0.15) is 22.8 Å². The molecule has 1 saturated heterocycles. The molecule has 1 aliphatic heterocycles. The molecule has 7 heteroatoms. The van der Waals surface area contributed by atoms with Crippen molar-refractivity contribution in [3.05, 3.63) is 29.3 Å². The van der Waals surface area contributed by atoms with Crippen LogP contribution in [0.15, 0.2) is 18.2 Å². The van der Waals surface area contributed by atoms with Crippen molar-refractivity contribution in [2.45, 2.75) is 13.5 Å². The van der Waals surface area contributed by atoms with E-state index in [0.29, 0.717) is 17.7 Å². The fraction of sp³-hybridized carbons (Fsp3) is 0.529. The van der Waals surface area contributed by atoms with Crippen LogP contribution in [0.5, 0.6) is 0 Å². The van der Waals surface area contributed by atoms with Crippen LogP contribution in [0, 0.1) is 0 Å². The van der Waals surface area contributed by atoms with Crippen LogP contribution < -0.4 is 10.6 Å². The number of carbonyl (C=O) groups excluding carboxylic acids is 2. The molecule has 7 nitrogen and oxygen atoms in total. The number of carbonyl (C=O) groups is 2. The first-order chi connectivity index (χ1) is 11.6. The van der Waals surface area contributed by atoms with E-state index in [1.165, 1.54) is 6.92 Å². The zero-order valence-corrected chi connectivity index (χ0v) is 14.3. The van der Waals surface area contributed by atoms with Crippen LogP contribution in [-0.2, 0) is 20.9 Å². The maximum Gasteiger partial charge on any atom is 0.302 e. The maximum atomic E-state index is 12.5. The van der Waals surface area contributed by atoms with E-state index in [2.05, 4.69) is 15.5 Å².